The van der Waals surface area contributed by atoms with Crippen LogP contribution in [0.3, 0.4) is 0 Å². The Morgan fingerprint density at radius 1 is 1.15 bits per heavy atom. The summed E-state index contributed by atoms with van der Waals surface area (Å²) in [6.07, 6.45) is 11.4. The molecular weight excluding hydrogens is 496 g/mol. The number of carbonyl (C=O) groups is 1. The van der Waals surface area contributed by atoms with Crippen molar-refractivity contribution >= 4 is 11.5 Å². The Balaban J connectivity index is 1.46. The highest BCUT2D eigenvalue weighted by Crippen LogP contribution is 2.66. The molecule has 212 valence electrons. The van der Waals surface area contributed by atoms with Crippen LogP contribution in [-0.4, -0.2) is 38.6 Å². The Morgan fingerprint density at radius 3 is 2.62 bits per heavy atom. The molecule has 0 radical (unpaired) electrons. The lowest BCUT2D eigenvalue weighted by Crippen LogP contribution is -2.46. The lowest BCUT2D eigenvalue weighted by molar-refractivity contribution is -0.131. The first-order valence-corrected chi connectivity index (χ1v) is 15.5. The van der Waals surface area contributed by atoms with Gasteiger partial charge in [-0.15, -0.1) is 11.8 Å². The number of ether oxygens (including phenoxy) is 1. The predicted molar refractivity (Wildman–Crippen MR) is 160 cm³/mol. The molecule has 0 aromatic heterocycles. The van der Waals surface area contributed by atoms with Gasteiger partial charge in [-0.3, -0.25) is 4.79 Å². The average Bonchev–Trinajstić information content (AvgIpc) is 3.63. The van der Waals surface area contributed by atoms with Crippen LogP contribution in [0.1, 0.15) is 83.1 Å². The maximum absolute atomic E-state index is 13.4. The second-order valence-electron chi connectivity index (χ2n) is 13.1. The number of anilines is 1. The second-order valence-corrected chi connectivity index (χ2v) is 13.1. The summed E-state index contributed by atoms with van der Waals surface area (Å²) in [5, 5.41) is 3.45. The molecule has 0 bridgehead atoms. The van der Waals surface area contributed by atoms with Gasteiger partial charge in [-0.25, -0.2) is 0 Å². The number of nitrogens with zero attached hydrogens (tertiary/aromatic N) is 2. The number of nitroso groups, excluding NO2 is 1. The zero-order valence-electron chi connectivity index (χ0n) is 24.5. The normalized spacial score (nSPS) is 34.8. The fraction of sp³-hybridized carbons (Fsp3) is 0.629. The molecule has 1 aromatic carbocycles. The van der Waals surface area contributed by atoms with E-state index in [9.17, 15) is 9.70 Å². The van der Waals surface area contributed by atoms with Crippen molar-refractivity contribution in [3.8, 4) is 11.8 Å². The van der Waals surface area contributed by atoms with Crippen molar-refractivity contribution in [1.82, 2.24) is 0 Å². The Morgan fingerprint density at radius 2 is 1.93 bits per heavy atom. The molecule has 5 nitrogen and oxygen atoms in total. The number of Topliss-reactive ketones (excluding diaryl/α,β-unsaturated/α-hetero) is 1. The zero-order chi connectivity index (χ0) is 27.9. The van der Waals surface area contributed by atoms with Crippen molar-refractivity contribution in [2.24, 2.45) is 34.3 Å². The molecule has 0 amide bonds. The largest absolute Gasteiger partial charge is 0.377 e. The number of methoxy groups -OCH3 is 1. The van der Waals surface area contributed by atoms with Gasteiger partial charge in [0.05, 0.1) is 0 Å². The third-order valence-electron chi connectivity index (χ3n) is 11.2. The smallest absolute Gasteiger partial charge is 0.162 e. The number of allylic oxidation sites excluding steroid dienone is 3. The molecule has 1 heterocycles. The number of rotatable bonds is 7. The SMILES string of the molecule is CC#CCC1C[C@@H]2C(=C3CCC(N=O)C=C31)[C@@H](c1ccc(N3CCCC3)cc1)C[C@]1(C)[C@@H](C(=O)COC)CC[C@@H]21. The van der Waals surface area contributed by atoms with Crippen LogP contribution in [-0.2, 0) is 9.53 Å². The van der Waals surface area contributed by atoms with E-state index in [0.29, 0.717) is 17.8 Å². The molecule has 4 aliphatic carbocycles. The number of ketones is 1. The van der Waals surface area contributed by atoms with E-state index < -0.39 is 0 Å². The lowest BCUT2D eigenvalue weighted by atomic mass is 9.50. The monoisotopic (exact) mass is 540 g/mol. The highest BCUT2D eigenvalue weighted by atomic mass is 16.5. The number of hydrogen-bond donors (Lipinski definition) is 0. The standard InChI is InChI=1S/C35H44N2O3/c1-4-5-8-24-19-29-31-15-16-32(33(38)22-40-3)35(31,2)21-30(34(29)27-14-11-25(36-39)20-28(24)27)23-9-12-26(13-10-23)37-17-6-7-18-37/h9-10,12-13,20,24-25,29-32H,6-8,11,14-19,21-22H2,1-3H3/t24?,25?,29-,30+,31-,32+,35-/m0/s1. The van der Waals surface area contributed by atoms with Gasteiger partial charge in [-0.1, -0.05) is 35.9 Å². The summed E-state index contributed by atoms with van der Waals surface area (Å²) in [4.78, 5) is 27.5. The molecule has 5 heteroatoms. The predicted octanol–water partition coefficient (Wildman–Crippen LogP) is 7.22. The van der Waals surface area contributed by atoms with Gasteiger partial charge >= 0.3 is 0 Å². The van der Waals surface area contributed by atoms with Crippen LogP contribution in [0, 0.1) is 45.8 Å². The summed E-state index contributed by atoms with van der Waals surface area (Å²) in [5.41, 5.74) is 7.09. The summed E-state index contributed by atoms with van der Waals surface area (Å²) >= 11 is 0. The van der Waals surface area contributed by atoms with Gasteiger partial charge in [0.25, 0.3) is 0 Å². The molecule has 6 rings (SSSR count). The molecule has 1 saturated heterocycles. The van der Waals surface area contributed by atoms with Crippen molar-refractivity contribution in [3.63, 3.8) is 0 Å². The fourth-order valence-electron chi connectivity index (χ4n) is 9.39. The van der Waals surface area contributed by atoms with Gasteiger partial charge < -0.3 is 9.64 Å². The molecule has 5 aliphatic rings. The van der Waals surface area contributed by atoms with Gasteiger partial charge in [0, 0.05) is 44.1 Å². The first kappa shape index (κ1) is 27.5. The van der Waals surface area contributed by atoms with Crippen LogP contribution in [0.15, 0.2) is 52.2 Å². The third-order valence-corrected chi connectivity index (χ3v) is 11.2. The van der Waals surface area contributed by atoms with Crippen LogP contribution < -0.4 is 4.90 Å². The minimum atomic E-state index is -0.234. The van der Waals surface area contributed by atoms with E-state index >= 15 is 0 Å². The minimum absolute atomic E-state index is 0.0492. The van der Waals surface area contributed by atoms with E-state index in [4.69, 9.17) is 4.74 Å². The zero-order valence-corrected chi connectivity index (χ0v) is 24.5. The highest BCUT2D eigenvalue weighted by Gasteiger charge is 2.58. The molecule has 1 aliphatic heterocycles. The molecule has 2 saturated carbocycles. The highest BCUT2D eigenvalue weighted by molar-refractivity contribution is 5.83. The summed E-state index contributed by atoms with van der Waals surface area (Å²) < 4.78 is 5.35. The molecule has 1 aromatic rings. The van der Waals surface area contributed by atoms with Crippen LogP contribution in [0.5, 0.6) is 0 Å². The van der Waals surface area contributed by atoms with Gasteiger partial charge in [0.2, 0.25) is 0 Å². The first-order chi connectivity index (χ1) is 19.5. The van der Waals surface area contributed by atoms with Gasteiger partial charge in [0.15, 0.2) is 5.78 Å². The summed E-state index contributed by atoms with van der Waals surface area (Å²) in [6, 6.07) is 9.14. The van der Waals surface area contributed by atoms with Gasteiger partial charge in [-0.05, 0) is 110 Å². The molecular formula is C35H44N2O3. The topological polar surface area (TPSA) is 59.0 Å². The van der Waals surface area contributed by atoms with Gasteiger partial charge in [0.1, 0.15) is 12.6 Å². The van der Waals surface area contributed by atoms with Crippen molar-refractivity contribution in [3.05, 3.63) is 57.5 Å². The Labute approximate surface area is 239 Å². The van der Waals surface area contributed by atoms with E-state index in [1.807, 2.05) is 6.92 Å². The lowest BCUT2D eigenvalue weighted by Gasteiger charge is -2.54. The van der Waals surface area contributed by atoms with Crippen molar-refractivity contribution in [1.29, 1.82) is 0 Å². The van der Waals surface area contributed by atoms with E-state index in [2.05, 4.69) is 59.2 Å². The summed E-state index contributed by atoms with van der Waals surface area (Å²) in [7, 11) is 1.64. The minimum Gasteiger partial charge on any atom is -0.377 e. The van der Waals surface area contributed by atoms with Gasteiger partial charge in [-0.2, -0.15) is 4.91 Å². The maximum atomic E-state index is 13.4. The van der Waals surface area contributed by atoms with E-state index in [-0.39, 0.29) is 35.7 Å². The Hall–Kier alpha value is -2.71. The van der Waals surface area contributed by atoms with Crippen molar-refractivity contribution in [2.45, 2.75) is 83.6 Å². The van der Waals surface area contributed by atoms with Crippen LogP contribution in [0.2, 0.25) is 0 Å². The Kier molecular flexibility index (Phi) is 7.75. The van der Waals surface area contributed by atoms with Crippen LogP contribution in [0.25, 0.3) is 0 Å². The Bertz CT molecular complexity index is 1260. The van der Waals surface area contributed by atoms with E-state index in [1.54, 1.807) is 12.7 Å². The number of fused-ring (bicyclic) bond motifs is 4. The number of hydrogen-bond acceptors (Lipinski definition) is 5. The van der Waals surface area contributed by atoms with Crippen LogP contribution in [0.4, 0.5) is 5.69 Å². The molecule has 40 heavy (non-hydrogen) atoms. The third kappa shape index (κ3) is 4.67. The second kappa shape index (κ2) is 11.3. The van der Waals surface area contributed by atoms with E-state index in [0.717, 1.165) is 58.0 Å². The molecule has 0 N–H and O–H groups in total. The molecule has 3 fully saturated rings. The maximum Gasteiger partial charge on any atom is 0.162 e. The fourth-order valence-corrected chi connectivity index (χ4v) is 9.39. The van der Waals surface area contributed by atoms with E-state index in [1.165, 1.54) is 35.2 Å². The molecule has 2 unspecified atom stereocenters. The number of benzene rings is 1. The van der Waals surface area contributed by atoms with Crippen molar-refractivity contribution < 1.29 is 9.53 Å². The number of carbonyl (C=O) groups excluding carboxylic acids is 1. The summed E-state index contributed by atoms with van der Waals surface area (Å²) in [5.74, 6) is 8.36. The summed E-state index contributed by atoms with van der Waals surface area (Å²) in [6.45, 7) is 6.83. The first-order valence-electron chi connectivity index (χ1n) is 15.5. The molecule has 7 atom stereocenters. The average molecular weight is 541 g/mol. The molecule has 0 spiro atoms. The van der Waals surface area contributed by atoms with Crippen molar-refractivity contribution in [2.75, 3.05) is 31.7 Å². The van der Waals surface area contributed by atoms with Crippen LogP contribution >= 0.6 is 0 Å². The quantitative estimate of drug-likeness (QED) is 0.271.